The van der Waals surface area contributed by atoms with Gasteiger partial charge in [-0.25, -0.2) is 0 Å². The molecule has 0 bridgehead atoms. The minimum Gasteiger partial charge on any atom is -0.497 e. The van der Waals surface area contributed by atoms with Crippen LogP contribution in [0, 0.1) is 0 Å². The summed E-state index contributed by atoms with van der Waals surface area (Å²) >= 11 is 0. The van der Waals surface area contributed by atoms with Gasteiger partial charge in [0, 0.05) is 38.3 Å². The van der Waals surface area contributed by atoms with E-state index in [9.17, 15) is 4.79 Å². The molecular formula is C23H30N2O6. The summed E-state index contributed by atoms with van der Waals surface area (Å²) in [6.07, 6.45) is 0.225. The van der Waals surface area contributed by atoms with Gasteiger partial charge in [0.15, 0.2) is 17.8 Å². The van der Waals surface area contributed by atoms with Crippen LogP contribution in [-0.4, -0.2) is 76.9 Å². The Hall–Kier alpha value is -2.97. The molecule has 31 heavy (non-hydrogen) atoms. The summed E-state index contributed by atoms with van der Waals surface area (Å²) in [5, 5.41) is 0. The second kappa shape index (κ2) is 10.9. The summed E-state index contributed by atoms with van der Waals surface area (Å²) < 4.78 is 27.5. The molecule has 1 fully saturated rings. The van der Waals surface area contributed by atoms with E-state index in [1.807, 2.05) is 29.2 Å². The second-order valence-electron chi connectivity index (χ2n) is 7.13. The first kappa shape index (κ1) is 22.7. The van der Waals surface area contributed by atoms with E-state index in [1.54, 1.807) is 40.6 Å². The number of carbonyl (C=O) groups is 1. The zero-order chi connectivity index (χ0) is 22.2. The highest BCUT2D eigenvalue weighted by atomic mass is 16.5. The van der Waals surface area contributed by atoms with Gasteiger partial charge in [-0.1, -0.05) is 6.07 Å². The van der Waals surface area contributed by atoms with E-state index in [4.69, 9.17) is 23.7 Å². The highest BCUT2D eigenvalue weighted by Crippen LogP contribution is 2.40. The number of methoxy groups -OCH3 is 4. The number of aldehydes is 1. The van der Waals surface area contributed by atoms with Crippen molar-refractivity contribution in [3.63, 3.8) is 0 Å². The van der Waals surface area contributed by atoms with Crippen molar-refractivity contribution in [2.75, 3.05) is 54.6 Å². The maximum atomic E-state index is 11.7. The summed E-state index contributed by atoms with van der Waals surface area (Å²) in [6, 6.07) is 11.1. The van der Waals surface area contributed by atoms with Crippen LogP contribution in [0.5, 0.6) is 28.7 Å². The van der Waals surface area contributed by atoms with E-state index in [0.29, 0.717) is 29.5 Å². The first-order chi connectivity index (χ1) is 15.1. The molecule has 2 aromatic rings. The van der Waals surface area contributed by atoms with Crippen molar-refractivity contribution < 1.29 is 28.5 Å². The van der Waals surface area contributed by atoms with Gasteiger partial charge >= 0.3 is 0 Å². The first-order valence-corrected chi connectivity index (χ1v) is 10.1. The van der Waals surface area contributed by atoms with Crippen molar-refractivity contribution >= 4 is 6.29 Å². The van der Waals surface area contributed by atoms with Gasteiger partial charge in [0.25, 0.3) is 0 Å². The lowest BCUT2D eigenvalue weighted by Gasteiger charge is -2.37. The summed E-state index contributed by atoms with van der Waals surface area (Å²) in [6.45, 7) is 3.74. The van der Waals surface area contributed by atoms with Gasteiger partial charge in [0.2, 0.25) is 12.0 Å². The predicted molar refractivity (Wildman–Crippen MR) is 116 cm³/mol. The van der Waals surface area contributed by atoms with Crippen LogP contribution in [0.25, 0.3) is 0 Å². The summed E-state index contributed by atoms with van der Waals surface area (Å²) in [7, 11) is 6.45. The number of hydrogen-bond donors (Lipinski definition) is 0. The van der Waals surface area contributed by atoms with Crippen LogP contribution >= 0.6 is 0 Å². The molecule has 0 spiro atoms. The zero-order valence-electron chi connectivity index (χ0n) is 18.5. The Bertz CT molecular complexity index is 850. The molecule has 8 nitrogen and oxygen atoms in total. The Morgan fingerprint density at radius 1 is 0.806 bits per heavy atom. The van der Waals surface area contributed by atoms with Gasteiger partial charge in [-0.3, -0.25) is 14.6 Å². The van der Waals surface area contributed by atoms with Crippen LogP contribution < -0.4 is 23.7 Å². The summed E-state index contributed by atoms with van der Waals surface area (Å²) in [5.41, 5.74) is 1.02. The molecule has 1 aliphatic rings. The molecule has 3 rings (SSSR count). The van der Waals surface area contributed by atoms with Crippen LogP contribution in [0.3, 0.4) is 0 Å². The predicted octanol–water partition coefficient (Wildman–Crippen LogP) is 2.44. The second-order valence-corrected chi connectivity index (χ2v) is 7.13. The molecule has 2 aromatic carbocycles. The third kappa shape index (κ3) is 5.39. The lowest BCUT2D eigenvalue weighted by atomic mass is 10.1. The molecule has 168 valence electrons. The third-order valence-electron chi connectivity index (χ3n) is 5.38. The van der Waals surface area contributed by atoms with E-state index in [2.05, 4.69) is 4.90 Å². The Balaban J connectivity index is 1.60. The van der Waals surface area contributed by atoms with Crippen molar-refractivity contribution in [2.45, 2.75) is 12.8 Å². The maximum Gasteiger partial charge on any atom is 0.209 e. The number of benzene rings is 2. The highest BCUT2D eigenvalue weighted by molar-refractivity contribution is 5.57. The zero-order valence-corrected chi connectivity index (χ0v) is 18.5. The van der Waals surface area contributed by atoms with E-state index in [0.717, 1.165) is 43.8 Å². The molecule has 1 aliphatic heterocycles. The third-order valence-corrected chi connectivity index (χ3v) is 5.38. The molecule has 0 aromatic heterocycles. The Morgan fingerprint density at radius 3 is 2.00 bits per heavy atom. The Labute approximate surface area is 183 Å². The van der Waals surface area contributed by atoms with Crippen LogP contribution in [0.4, 0.5) is 0 Å². The monoisotopic (exact) mass is 430 g/mol. The van der Waals surface area contributed by atoms with Crippen molar-refractivity contribution in [2.24, 2.45) is 0 Å². The van der Waals surface area contributed by atoms with Gasteiger partial charge in [0.1, 0.15) is 11.5 Å². The average molecular weight is 431 g/mol. The molecule has 0 N–H and O–H groups in total. The standard InChI is InChI=1S/C23H30N2O6/c1-27-18-6-8-19(9-7-18)31-21(16-26)25-13-11-24(12-14-25)15-17-5-10-20(28-2)23(30-4)22(17)29-3/h5-10,16,21H,11-15H2,1-4H3. The topological polar surface area (TPSA) is 69.7 Å². The van der Waals surface area contributed by atoms with E-state index < -0.39 is 6.23 Å². The van der Waals surface area contributed by atoms with E-state index in [-0.39, 0.29) is 0 Å². The van der Waals surface area contributed by atoms with Gasteiger partial charge in [0.05, 0.1) is 28.4 Å². The van der Waals surface area contributed by atoms with Crippen LogP contribution in [0.15, 0.2) is 36.4 Å². The molecule has 1 atom stereocenters. The number of hydrogen-bond acceptors (Lipinski definition) is 8. The maximum absolute atomic E-state index is 11.7. The molecule has 8 heteroatoms. The van der Waals surface area contributed by atoms with Crippen LogP contribution in [0.2, 0.25) is 0 Å². The first-order valence-electron chi connectivity index (χ1n) is 10.1. The van der Waals surface area contributed by atoms with Crippen LogP contribution in [-0.2, 0) is 11.3 Å². The van der Waals surface area contributed by atoms with Gasteiger partial charge in [-0.2, -0.15) is 0 Å². The molecule has 1 saturated heterocycles. The quantitative estimate of drug-likeness (QED) is 0.533. The van der Waals surface area contributed by atoms with Gasteiger partial charge < -0.3 is 23.7 Å². The van der Waals surface area contributed by atoms with Crippen molar-refractivity contribution in [1.29, 1.82) is 0 Å². The number of rotatable bonds is 10. The van der Waals surface area contributed by atoms with Crippen molar-refractivity contribution in [3.05, 3.63) is 42.0 Å². The Kier molecular flexibility index (Phi) is 7.97. The minimum atomic E-state index is -0.619. The molecule has 0 radical (unpaired) electrons. The largest absolute Gasteiger partial charge is 0.497 e. The molecule has 1 unspecified atom stereocenters. The fraction of sp³-hybridized carbons (Fsp3) is 0.435. The molecule has 0 aliphatic carbocycles. The highest BCUT2D eigenvalue weighted by Gasteiger charge is 2.26. The van der Waals surface area contributed by atoms with Crippen LogP contribution in [0.1, 0.15) is 5.56 Å². The summed E-state index contributed by atoms with van der Waals surface area (Å²) in [4.78, 5) is 16.0. The lowest BCUT2D eigenvalue weighted by Crippen LogP contribution is -2.52. The fourth-order valence-electron chi connectivity index (χ4n) is 3.69. The number of nitrogens with zero attached hydrogens (tertiary/aromatic N) is 2. The average Bonchev–Trinajstić information content (AvgIpc) is 2.83. The molecule has 0 amide bonds. The number of ether oxygens (including phenoxy) is 5. The minimum absolute atomic E-state index is 0.593. The molecule has 1 heterocycles. The molecule has 0 saturated carbocycles. The van der Waals surface area contributed by atoms with Gasteiger partial charge in [-0.05, 0) is 30.3 Å². The molecular weight excluding hydrogens is 400 g/mol. The van der Waals surface area contributed by atoms with Gasteiger partial charge in [-0.15, -0.1) is 0 Å². The normalized spacial score (nSPS) is 15.7. The SMILES string of the molecule is COc1ccc(OC(C=O)N2CCN(Cc3ccc(OC)c(OC)c3OC)CC2)cc1. The summed E-state index contributed by atoms with van der Waals surface area (Å²) in [5.74, 6) is 3.29. The lowest BCUT2D eigenvalue weighted by molar-refractivity contribution is -0.123. The number of piperazine rings is 1. The number of carbonyl (C=O) groups excluding carboxylic acids is 1. The van der Waals surface area contributed by atoms with E-state index in [1.165, 1.54) is 0 Å². The smallest absolute Gasteiger partial charge is 0.209 e. The van der Waals surface area contributed by atoms with E-state index >= 15 is 0 Å². The van der Waals surface area contributed by atoms with Crippen molar-refractivity contribution in [3.8, 4) is 28.7 Å². The van der Waals surface area contributed by atoms with Crippen molar-refractivity contribution in [1.82, 2.24) is 9.80 Å². The fourth-order valence-corrected chi connectivity index (χ4v) is 3.69. The Morgan fingerprint density at radius 2 is 1.45 bits per heavy atom.